The number of aromatic nitrogens is 1. The molecule has 104 valence electrons. The van der Waals surface area contributed by atoms with Gasteiger partial charge in [0.2, 0.25) is 0 Å². The van der Waals surface area contributed by atoms with E-state index in [1.807, 2.05) is 19.9 Å². The molecule has 1 aliphatic rings. The lowest BCUT2D eigenvalue weighted by Gasteiger charge is -2.09. The first-order chi connectivity index (χ1) is 9.06. The van der Waals surface area contributed by atoms with Crippen molar-refractivity contribution < 1.29 is 4.79 Å². The zero-order valence-corrected chi connectivity index (χ0v) is 11.8. The number of nitrogens with two attached hydrogens (primary N) is 1. The molecule has 4 nitrogen and oxygen atoms in total. The highest BCUT2D eigenvalue weighted by atomic mass is 16.1. The fourth-order valence-electron chi connectivity index (χ4n) is 2.10. The maximum absolute atomic E-state index is 12.0. The standard InChI is InChI=1S/C15H23N3O/c1-10(2)13-8-12(9-14(16)18-13)15(19)17-7-3-4-11-5-6-11/h8-11H,3-7H2,1-2H3,(H2,16,18)(H,17,19). The zero-order chi connectivity index (χ0) is 13.8. The van der Waals surface area contributed by atoms with Crippen molar-refractivity contribution in [2.45, 2.75) is 45.4 Å². The summed E-state index contributed by atoms with van der Waals surface area (Å²) >= 11 is 0. The largest absolute Gasteiger partial charge is 0.384 e. The number of rotatable bonds is 6. The van der Waals surface area contributed by atoms with Crippen LogP contribution in [0.4, 0.5) is 5.82 Å². The molecule has 0 aromatic carbocycles. The average Bonchev–Trinajstić information content (AvgIpc) is 3.17. The Hall–Kier alpha value is -1.58. The number of amides is 1. The van der Waals surface area contributed by atoms with Crippen LogP contribution in [0.15, 0.2) is 12.1 Å². The number of hydrogen-bond donors (Lipinski definition) is 2. The molecular weight excluding hydrogens is 238 g/mol. The second kappa shape index (κ2) is 6.04. The lowest BCUT2D eigenvalue weighted by atomic mass is 10.1. The van der Waals surface area contributed by atoms with Crippen molar-refractivity contribution in [3.63, 3.8) is 0 Å². The van der Waals surface area contributed by atoms with Crippen molar-refractivity contribution in [1.82, 2.24) is 10.3 Å². The van der Waals surface area contributed by atoms with Crippen molar-refractivity contribution >= 4 is 11.7 Å². The number of carbonyl (C=O) groups excluding carboxylic acids is 1. The molecule has 3 N–H and O–H groups in total. The highest BCUT2D eigenvalue weighted by molar-refractivity contribution is 5.94. The Morgan fingerprint density at radius 3 is 2.84 bits per heavy atom. The first-order valence-corrected chi connectivity index (χ1v) is 7.12. The van der Waals surface area contributed by atoms with Crippen LogP contribution in [0.3, 0.4) is 0 Å². The molecule has 1 aromatic rings. The summed E-state index contributed by atoms with van der Waals surface area (Å²) in [5.41, 5.74) is 7.22. The lowest BCUT2D eigenvalue weighted by molar-refractivity contribution is 0.0952. The number of anilines is 1. The normalized spacial score (nSPS) is 14.7. The van der Waals surface area contributed by atoms with Gasteiger partial charge in [0, 0.05) is 17.8 Å². The second-order valence-electron chi connectivity index (χ2n) is 5.70. The first-order valence-electron chi connectivity index (χ1n) is 7.12. The van der Waals surface area contributed by atoms with E-state index >= 15 is 0 Å². The fraction of sp³-hybridized carbons (Fsp3) is 0.600. The van der Waals surface area contributed by atoms with Crippen molar-refractivity contribution in [2.75, 3.05) is 12.3 Å². The van der Waals surface area contributed by atoms with Gasteiger partial charge in [-0.2, -0.15) is 0 Å². The number of pyridine rings is 1. The molecule has 0 unspecified atom stereocenters. The summed E-state index contributed by atoms with van der Waals surface area (Å²) in [7, 11) is 0. The third-order valence-electron chi connectivity index (χ3n) is 3.49. The summed E-state index contributed by atoms with van der Waals surface area (Å²) < 4.78 is 0. The molecule has 19 heavy (non-hydrogen) atoms. The van der Waals surface area contributed by atoms with Gasteiger partial charge >= 0.3 is 0 Å². The molecule has 1 amide bonds. The van der Waals surface area contributed by atoms with Crippen molar-refractivity contribution in [1.29, 1.82) is 0 Å². The molecule has 4 heteroatoms. The molecular formula is C15H23N3O. The predicted molar refractivity (Wildman–Crippen MR) is 77.0 cm³/mol. The van der Waals surface area contributed by atoms with Crippen molar-refractivity contribution in [3.05, 3.63) is 23.4 Å². The zero-order valence-electron chi connectivity index (χ0n) is 11.8. The van der Waals surface area contributed by atoms with Crippen molar-refractivity contribution in [3.8, 4) is 0 Å². The van der Waals surface area contributed by atoms with Crippen LogP contribution in [0.5, 0.6) is 0 Å². The smallest absolute Gasteiger partial charge is 0.251 e. The third-order valence-corrected chi connectivity index (χ3v) is 3.49. The van der Waals surface area contributed by atoms with E-state index in [1.54, 1.807) is 6.07 Å². The van der Waals surface area contributed by atoms with E-state index in [9.17, 15) is 4.79 Å². The van der Waals surface area contributed by atoms with E-state index in [2.05, 4.69) is 10.3 Å². The Morgan fingerprint density at radius 2 is 2.21 bits per heavy atom. The van der Waals surface area contributed by atoms with Crippen LogP contribution in [0, 0.1) is 5.92 Å². The Morgan fingerprint density at radius 1 is 1.47 bits per heavy atom. The quantitative estimate of drug-likeness (QED) is 0.774. The molecule has 0 aliphatic heterocycles. The van der Waals surface area contributed by atoms with Gasteiger partial charge in [0.15, 0.2) is 0 Å². The van der Waals surface area contributed by atoms with Crippen LogP contribution in [0.25, 0.3) is 0 Å². The molecule has 1 aliphatic carbocycles. The Balaban J connectivity index is 1.89. The van der Waals surface area contributed by atoms with E-state index in [-0.39, 0.29) is 11.8 Å². The van der Waals surface area contributed by atoms with Gasteiger partial charge in [-0.05, 0) is 36.8 Å². The van der Waals surface area contributed by atoms with Gasteiger partial charge in [-0.15, -0.1) is 0 Å². The molecule has 2 rings (SSSR count). The van der Waals surface area contributed by atoms with Gasteiger partial charge in [-0.3, -0.25) is 4.79 Å². The minimum Gasteiger partial charge on any atom is -0.384 e. The number of nitrogen functional groups attached to an aromatic ring is 1. The van der Waals surface area contributed by atoms with Gasteiger partial charge in [-0.25, -0.2) is 4.98 Å². The Kier molecular flexibility index (Phi) is 4.40. The summed E-state index contributed by atoms with van der Waals surface area (Å²) in [4.78, 5) is 16.3. The van der Waals surface area contributed by atoms with Crippen LogP contribution in [0.2, 0.25) is 0 Å². The molecule has 0 atom stereocenters. The average molecular weight is 261 g/mol. The van der Waals surface area contributed by atoms with E-state index in [0.29, 0.717) is 11.4 Å². The highest BCUT2D eigenvalue weighted by Gasteiger charge is 2.20. The van der Waals surface area contributed by atoms with Crippen LogP contribution in [-0.2, 0) is 0 Å². The molecule has 0 radical (unpaired) electrons. The number of nitrogens with one attached hydrogen (secondary N) is 1. The molecule has 1 aromatic heterocycles. The topological polar surface area (TPSA) is 68.0 Å². The number of hydrogen-bond acceptors (Lipinski definition) is 3. The van der Waals surface area contributed by atoms with Gasteiger partial charge in [0.05, 0.1) is 0 Å². The lowest BCUT2D eigenvalue weighted by Crippen LogP contribution is -2.25. The van der Waals surface area contributed by atoms with E-state index in [4.69, 9.17) is 5.73 Å². The van der Waals surface area contributed by atoms with Crippen LogP contribution in [0.1, 0.15) is 61.5 Å². The van der Waals surface area contributed by atoms with Gasteiger partial charge in [-0.1, -0.05) is 26.7 Å². The van der Waals surface area contributed by atoms with Crippen molar-refractivity contribution in [2.24, 2.45) is 5.92 Å². The van der Waals surface area contributed by atoms with Crippen LogP contribution >= 0.6 is 0 Å². The van der Waals surface area contributed by atoms with Gasteiger partial charge in [0.1, 0.15) is 5.82 Å². The summed E-state index contributed by atoms with van der Waals surface area (Å²) in [6.45, 7) is 4.83. The molecule has 1 fully saturated rings. The minimum atomic E-state index is -0.0493. The molecule has 0 spiro atoms. The third kappa shape index (κ3) is 4.23. The maximum Gasteiger partial charge on any atom is 0.251 e. The highest BCUT2D eigenvalue weighted by Crippen LogP contribution is 2.33. The van der Waals surface area contributed by atoms with Gasteiger partial charge < -0.3 is 11.1 Å². The van der Waals surface area contributed by atoms with Gasteiger partial charge in [0.25, 0.3) is 5.91 Å². The summed E-state index contributed by atoms with van der Waals surface area (Å²) in [6.07, 6.45) is 5.03. The number of carbonyl (C=O) groups is 1. The Labute approximate surface area is 114 Å². The molecule has 1 heterocycles. The predicted octanol–water partition coefficient (Wildman–Crippen LogP) is 2.71. The minimum absolute atomic E-state index is 0.0493. The molecule has 1 saturated carbocycles. The maximum atomic E-state index is 12.0. The van der Waals surface area contributed by atoms with E-state index in [1.165, 1.54) is 19.3 Å². The summed E-state index contributed by atoms with van der Waals surface area (Å²) in [5, 5.41) is 2.95. The van der Waals surface area contributed by atoms with Crippen LogP contribution in [-0.4, -0.2) is 17.4 Å². The summed E-state index contributed by atoms with van der Waals surface area (Å²) in [5.74, 6) is 1.55. The molecule has 0 bridgehead atoms. The SMILES string of the molecule is CC(C)c1cc(C(=O)NCCCC2CC2)cc(N)n1. The first kappa shape index (κ1) is 13.8. The van der Waals surface area contributed by atoms with Crippen LogP contribution < -0.4 is 11.1 Å². The van der Waals surface area contributed by atoms with E-state index < -0.39 is 0 Å². The second-order valence-corrected chi connectivity index (χ2v) is 5.70. The summed E-state index contributed by atoms with van der Waals surface area (Å²) in [6, 6.07) is 3.47. The fourth-order valence-corrected chi connectivity index (χ4v) is 2.10. The number of nitrogens with zero attached hydrogens (tertiary/aromatic N) is 1. The van der Waals surface area contributed by atoms with E-state index in [0.717, 1.165) is 24.6 Å². The molecule has 0 saturated heterocycles. The Bertz CT molecular complexity index is 453. The monoisotopic (exact) mass is 261 g/mol.